The highest BCUT2D eigenvalue weighted by molar-refractivity contribution is 5.70. The zero-order chi connectivity index (χ0) is 24.3. The van der Waals surface area contributed by atoms with Crippen molar-refractivity contribution in [2.24, 2.45) is 0 Å². The molecule has 194 valence electrons. The molecular weight excluding hydrogens is 452 g/mol. The molecule has 3 aromatic rings. The van der Waals surface area contributed by atoms with Gasteiger partial charge in [0.15, 0.2) is 0 Å². The van der Waals surface area contributed by atoms with E-state index in [2.05, 4.69) is 34.5 Å². The summed E-state index contributed by atoms with van der Waals surface area (Å²) < 4.78 is 0. The van der Waals surface area contributed by atoms with Crippen LogP contribution in [-0.4, -0.2) is 19.9 Å². The van der Waals surface area contributed by atoms with Gasteiger partial charge in [0.05, 0.1) is 11.9 Å². The number of fused-ring (bicyclic) bond motifs is 5. The highest BCUT2D eigenvalue weighted by Gasteiger charge is 2.42. The van der Waals surface area contributed by atoms with Crippen molar-refractivity contribution < 1.29 is 0 Å². The lowest BCUT2D eigenvalue weighted by Crippen LogP contribution is -2.15. The maximum absolute atomic E-state index is 4.87. The first-order chi connectivity index (χ1) is 18.3. The summed E-state index contributed by atoms with van der Waals surface area (Å²) in [5.41, 5.74) is 9.33. The van der Waals surface area contributed by atoms with Gasteiger partial charge in [-0.2, -0.15) is 0 Å². The molecule has 4 saturated carbocycles. The average molecular weight is 495 g/mol. The van der Waals surface area contributed by atoms with Crippen molar-refractivity contribution in [3.63, 3.8) is 0 Å². The van der Waals surface area contributed by atoms with E-state index >= 15 is 0 Å². The second-order valence-corrected chi connectivity index (χ2v) is 13.2. The van der Waals surface area contributed by atoms with Gasteiger partial charge in [-0.1, -0.05) is 37.8 Å². The lowest BCUT2D eigenvalue weighted by Gasteiger charge is -2.32. The maximum Gasteiger partial charge on any atom is 0.109 e. The number of imidazole rings is 2. The van der Waals surface area contributed by atoms with Gasteiger partial charge in [0.1, 0.15) is 11.6 Å². The van der Waals surface area contributed by atoms with E-state index < -0.39 is 0 Å². The largest absolute Gasteiger partial charge is 0.345 e. The van der Waals surface area contributed by atoms with Gasteiger partial charge in [-0.15, -0.1) is 0 Å². The van der Waals surface area contributed by atoms with Crippen LogP contribution in [0.5, 0.6) is 0 Å². The van der Waals surface area contributed by atoms with Gasteiger partial charge in [-0.3, -0.25) is 0 Å². The molecule has 2 bridgehead atoms. The minimum atomic E-state index is 0.650. The third kappa shape index (κ3) is 3.84. The molecule has 0 saturated heterocycles. The molecule has 0 aliphatic heterocycles. The Hall–Kier alpha value is -2.36. The molecule has 2 heterocycles. The van der Waals surface area contributed by atoms with E-state index in [0.29, 0.717) is 17.8 Å². The molecule has 4 heteroatoms. The first kappa shape index (κ1) is 22.6. The van der Waals surface area contributed by atoms with Gasteiger partial charge in [-0.25, -0.2) is 9.97 Å². The number of hydrogen-bond donors (Lipinski definition) is 2. The number of aromatic nitrogens is 4. The monoisotopic (exact) mass is 494 g/mol. The number of rotatable bonds is 5. The summed E-state index contributed by atoms with van der Waals surface area (Å²) >= 11 is 0. The first-order valence-electron chi connectivity index (χ1n) is 15.6. The Bertz CT molecular complexity index is 1260. The third-order valence-corrected chi connectivity index (χ3v) is 11.2. The zero-order valence-electron chi connectivity index (χ0n) is 22.3. The van der Waals surface area contributed by atoms with Crippen molar-refractivity contribution in [3.05, 3.63) is 58.6 Å². The van der Waals surface area contributed by atoms with Gasteiger partial charge in [0.25, 0.3) is 0 Å². The summed E-state index contributed by atoms with van der Waals surface area (Å²) in [6, 6.07) is 5.00. The summed E-state index contributed by atoms with van der Waals surface area (Å²) in [6.07, 6.45) is 24.4. The Morgan fingerprint density at radius 1 is 0.541 bits per heavy atom. The van der Waals surface area contributed by atoms with Crippen molar-refractivity contribution in [1.82, 2.24) is 19.9 Å². The van der Waals surface area contributed by atoms with Crippen molar-refractivity contribution in [3.8, 4) is 11.3 Å². The first-order valence-corrected chi connectivity index (χ1v) is 15.6. The fourth-order valence-corrected chi connectivity index (χ4v) is 9.21. The average Bonchev–Trinajstić information content (AvgIpc) is 3.79. The maximum atomic E-state index is 4.87. The minimum Gasteiger partial charge on any atom is -0.345 e. The van der Waals surface area contributed by atoms with Crippen LogP contribution in [0.4, 0.5) is 0 Å². The number of nitrogens with one attached hydrogen (secondary N) is 2. The molecule has 4 fully saturated rings. The second-order valence-electron chi connectivity index (χ2n) is 13.2. The number of H-pyrrole nitrogens is 2. The van der Waals surface area contributed by atoms with Crippen LogP contribution in [0.1, 0.15) is 166 Å². The molecule has 0 radical (unpaired) electrons. The minimum absolute atomic E-state index is 0.650. The Morgan fingerprint density at radius 2 is 1.14 bits per heavy atom. The normalized spacial score (nSPS) is 29.9. The van der Waals surface area contributed by atoms with Crippen LogP contribution in [0.25, 0.3) is 11.3 Å². The smallest absolute Gasteiger partial charge is 0.109 e. The van der Waals surface area contributed by atoms with Crippen molar-refractivity contribution in [2.75, 3.05) is 0 Å². The predicted octanol–water partition coefficient (Wildman–Crippen LogP) is 8.92. The van der Waals surface area contributed by atoms with Crippen LogP contribution >= 0.6 is 0 Å². The molecule has 2 N–H and O–H groups in total. The second kappa shape index (κ2) is 9.13. The number of hydrogen-bond acceptors (Lipinski definition) is 2. The molecule has 2 unspecified atom stereocenters. The Balaban J connectivity index is 1.04. The third-order valence-electron chi connectivity index (χ3n) is 11.2. The van der Waals surface area contributed by atoms with Crippen molar-refractivity contribution in [1.29, 1.82) is 0 Å². The van der Waals surface area contributed by atoms with Crippen molar-refractivity contribution in [2.45, 2.75) is 132 Å². The zero-order valence-corrected chi connectivity index (χ0v) is 22.3. The SMILES string of the molecule is c1nc(C2CCCC2)[nH]c1-c1ccc(C2CCC(c3cnc(C4CCCC4)[nH]3)CC2)c2c1C1CCC2C1. The molecule has 0 amide bonds. The molecule has 1 aromatic carbocycles. The molecule has 8 rings (SSSR count). The number of benzene rings is 1. The van der Waals surface area contributed by atoms with E-state index in [4.69, 9.17) is 9.97 Å². The van der Waals surface area contributed by atoms with E-state index in [-0.39, 0.29) is 0 Å². The Kier molecular flexibility index (Phi) is 5.58. The van der Waals surface area contributed by atoms with Gasteiger partial charge in [0, 0.05) is 35.2 Å². The van der Waals surface area contributed by atoms with Crippen LogP contribution in [0.2, 0.25) is 0 Å². The lowest BCUT2D eigenvalue weighted by atomic mass is 9.73. The van der Waals surface area contributed by atoms with E-state index in [9.17, 15) is 0 Å². The van der Waals surface area contributed by atoms with Crippen molar-refractivity contribution >= 4 is 0 Å². The van der Waals surface area contributed by atoms with Crippen LogP contribution in [-0.2, 0) is 0 Å². The molecule has 0 spiro atoms. The molecular formula is C33H42N4. The summed E-state index contributed by atoms with van der Waals surface area (Å²) in [4.78, 5) is 17.3. The Morgan fingerprint density at radius 3 is 1.86 bits per heavy atom. The Labute approximate surface area is 221 Å². The fraction of sp³-hybridized carbons (Fsp3) is 0.636. The molecule has 5 aliphatic rings. The van der Waals surface area contributed by atoms with Gasteiger partial charge in [-0.05, 0) is 105 Å². The highest BCUT2D eigenvalue weighted by atomic mass is 14.9. The van der Waals surface area contributed by atoms with Crippen LogP contribution in [0.3, 0.4) is 0 Å². The summed E-state index contributed by atoms with van der Waals surface area (Å²) in [6.45, 7) is 0. The lowest BCUT2D eigenvalue weighted by molar-refractivity contribution is 0.389. The topological polar surface area (TPSA) is 57.4 Å². The van der Waals surface area contributed by atoms with Crippen LogP contribution < -0.4 is 0 Å². The highest BCUT2D eigenvalue weighted by Crippen LogP contribution is 2.58. The molecule has 5 aliphatic carbocycles. The van der Waals surface area contributed by atoms with Gasteiger partial charge >= 0.3 is 0 Å². The summed E-state index contributed by atoms with van der Waals surface area (Å²) in [5.74, 6) is 6.81. The molecule has 4 nitrogen and oxygen atoms in total. The quantitative estimate of drug-likeness (QED) is 0.372. The standard InChI is InChI=1S/C33H42N4/c1-2-6-22(5-1)32-34-18-28(36-32)21-11-9-20(10-12-21)26-15-16-27(31-25-14-13-24(17-25)30(26)31)29-19-35-33(37-29)23-7-3-4-8-23/h15-16,18-25H,1-14,17H2,(H,34,36)(H,35,37). The summed E-state index contributed by atoms with van der Waals surface area (Å²) in [7, 11) is 0. The molecule has 2 atom stereocenters. The summed E-state index contributed by atoms with van der Waals surface area (Å²) in [5, 5.41) is 0. The number of aromatic amines is 2. The fourth-order valence-electron chi connectivity index (χ4n) is 9.21. The van der Waals surface area contributed by atoms with Crippen LogP contribution in [0, 0.1) is 0 Å². The van der Waals surface area contributed by atoms with Gasteiger partial charge < -0.3 is 9.97 Å². The van der Waals surface area contributed by atoms with Crippen LogP contribution in [0.15, 0.2) is 24.5 Å². The van der Waals surface area contributed by atoms with E-state index in [1.165, 1.54) is 125 Å². The molecule has 37 heavy (non-hydrogen) atoms. The predicted molar refractivity (Wildman–Crippen MR) is 148 cm³/mol. The van der Waals surface area contributed by atoms with E-state index in [0.717, 1.165) is 17.8 Å². The van der Waals surface area contributed by atoms with Gasteiger partial charge in [0.2, 0.25) is 0 Å². The van der Waals surface area contributed by atoms with E-state index in [1.54, 1.807) is 16.7 Å². The van der Waals surface area contributed by atoms with E-state index in [1.807, 2.05) is 0 Å². The molecule has 2 aromatic heterocycles. The number of nitrogens with zero attached hydrogens (tertiary/aromatic N) is 2.